The molecule has 0 amide bonds. The highest BCUT2D eigenvalue weighted by Gasteiger charge is 2.14. The van der Waals surface area contributed by atoms with E-state index in [1.807, 2.05) is 6.92 Å². The lowest BCUT2D eigenvalue weighted by atomic mass is 10.1. The van der Waals surface area contributed by atoms with Crippen LogP contribution >= 0.6 is 0 Å². The normalized spacial score (nSPS) is 10.7. The highest BCUT2D eigenvalue weighted by atomic mass is 19.2. The van der Waals surface area contributed by atoms with Gasteiger partial charge in [-0.15, -0.1) is 0 Å². The van der Waals surface area contributed by atoms with E-state index in [2.05, 4.69) is 21.8 Å². The Hall–Kier alpha value is -3.99. The number of halogens is 5. The van der Waals surface area contributed by atoms with Crippen LogP contribution in [0.15, 0.2) is 48.8 Å². The van der Waals surface area contributed by atoms with Gasteiger partial charge >= 0.3 is 0 Å². The summed E-state index contributed by atoms with van der Waals surface area (Å²) < 4.78 is 75.2. The lowest BCUT2D eigenvalue weighted by Crippen LogP contribution is -1.98. The maximum Gasteiger partial charge on any atom is 0.195 e. The zero-order valence-corrected chi connectivity index (χ0v) is 17.2. The standard InChI is InChI=1S/C25H15F5N2O/c1-2-7-33-17-12-31-25(32-13-17)16-10-20(26)19(21(27)11-16)6-4-14-3-5-18-15(8-14)9-22(28)24(30)23(18)29/h3,5,8-13H,2,7H2,1H3. The molecule has 0 spiro atoms. The van der Waals surface area contributed by atoms with Crippen LogP contribution in [-0.4, -0.2) is 16.6 Å². The molecular formula is C25H15F5N2O. The first-order valence-corrected chi connectivity index (χ1v) is 9.91. The quantitative estimate of drug-likeness (QED) is 0.210. The van der Waals surface area contributed by atoms with Crippen LogP contribution in [-0.2, 0) is 0 Å². The number of aromatic nitrogens is 2. The van der Waals surface area contributed by atoms with Crippen molar-refractivity contribution >= 4 is 10.8 Å². The molecule has 166 valence electrons. The summed E-state index contributed by atoms with van der Waals surface area (Å²) in [5.74, 6) is -0.568. The lowest BCUT2D eigenvalue weighted by Gasteiger charge is -2.06. The molecule has 0 aliphatic heterocycles. The van der Waals surface area contributed by atoms with Crippen LogP contribution in [0.1, 0.15) is 24.5 Å². The highest BCUT2D eigenvalue weighted by molar-refractivity contribution is 5.84. The van der Waals surface area contributed by atoms with Crippen molar-refractivity contribution in [2.24, 2.45) is 0 Å². The average Bonchev–Trinajstić information content (AvgIpc) is 2.81. The minimum atomic E-state index is -1.57. The second-order valence-corrected chi connectivity index (χ2v) is 7.08. The maximum absolute atomic E-state index is 14.6. The van der Waals surface area contributed by atoms with Gasteiger partial charge in [0.25, 0.3) is 0 Å². The molecule has 0 saturated heterocycles. The number of rotatable bonds is 4. The molecule has 0 N–H and O–H groups in total. The van der Waals surface area contributed by atoms with Crippen molar-refractivity contribution in [1.82, 2.24) is 9.97 Å². The number of benzene rings is 3. The summed E-state index contributed by atoms with van der Waals surface area (Å²) in [4.78, 5) is 8.13. The molecule has 4 rings (SSSR count). The van der Waals surface area contributed by atoms with Gasteiger partial charge in [-0.1, -0.05) is 24.8 Å². The van der Waals surface area contributed by atoms with Gasteiger partial charge < -0.3 is 4.74 Å². The van der Waals surface area contributed by atoms with Gasteiger partial charge in [-0.3, -0.25) is 0 Å². The van der Waals surface area contributed by atoms with Crippen LogP contribution in [0.5, 0.6) is 5.75 Å². The third-order valence-corrected chi connectivity index (χ3v) is 4.71. The SMILES string of the molecule is CCCOc1cnc(-c2cc(F)c(C#Cc3ccc4c(F)c(F)c(F)cc4c3)c(F)c2)nc1. The second-order valence-electron chi connectivity index (χ2n) is 7.08. The minimum absolute atomic E-state index is 0.0676. The van der Waals surface area contributed by atoms with Crippen molar-refractivity contribution in [1.29, 1.82) is 0 Å². The first kappa shape index (κ1) is 22.2. The molecule has 33 heavy (non-hydrogen) atoms. The van der Waals surface area contributed by atoms with Gasteiger partial charge in [-0.05, 0) is 42.1 Å². The van der Waals surface area contributed by atoms with Crippen molar-refractivity contribution in [3.8, 4) is 29.0 Å². The fourth-order valence-corrected chi connectivity index (χ4v) is 3.10. The minimum Gasteiger partial charge on any atom is -0.490 e. The summed E-state index contributed by atoms with van der Waals surface area (Å²) in [6.45, 7) is 2.45. The Balaban J connectivity index is 1.63. The summed E-state index contributed by atoms with van der Waals surface area (Å²) in [6, 6.07) is 6.81. The Kier molecular flexibility index (Phi) is 6.22. The van der Waals surface area contributed by atoms with E-state index >= 15 is 0 Å². The number of hydrogen-bond donors (Lipinski definition) is 0. The van der Waals surface area contributed by atoms with Crippen LogP contribution in [0.2, 0.25) is 0 Å². The topological polar surface area (TPSA) is 35.0 Å². The van der Waals surface area contributed by atoms with Gasteiger partial charge in [-0.2, -0.15) is 0 Å². The van der Waals surface area contributed by atoms with Gasteiger partial charge in [0, 0.05) is 16.5 Å². The number of nitrogens with zero attached hydrogens (tertiary/aromatic N) is 2. The average molecular weight is 454 g/mol. The van der Waals surface area contributed by atoms with Crippen LogP contribution in [0, 0.1) is 40.9 Å². The Morgan fingerprint density at radius 3 is 2.18 bits per heavy atom. The molecule has 8 heteroatoms. The third-order valence-electron chi connectivity index (χ3n) is 4.71. The highest BCUT2D eigenvalue weighted by Crippen LogP contribution is 2.25. The Morgan fingerprint density at radius 2 is 1.52 bits per heavy atom. The van der Waals surface area contributed by atoms with Crippen molar-refractivity contribution in [2.75, 3.05) is 6.61 Å². The molecule has 0 bridgehead atoms. The molecule has 1 heterocycles. The molecule has 1 aromatic heterocycles. The predicted octanol–water partition coefficient (Wildman–Crippen LogP) is 6.18. The zero-order valence-electron chi connectivity index (χ0n) is 17.2. The molecule has 0 atom stereocenters. The van der Waals surface area contributed by atoms with Gasteiger partial charge in [0.05, 0.1) is 24.6 Å². The Labute approximate surface area is 185 Å². The first-order valence-electron chi connectivity index (χ1n) is 9.91. The van der Waals surface area contributed by atoms with Crippen LogP contribution in [0.3, 0.4) is 0 Å². The Morgan fingerprint density at radius 1 is 0.818 bits per heavy atom. The molecule has 0 radical (unpaired) electrons. The zero-order chi connectivity index (χ0) is 23.5. The molecule has 3 aromatic carbocycles. The summed E-state index contributed by atoms with van der Waals surface area (Å²) in [5, 5.41) is -0.0646. The van der Waals surface area contributed by atoms with E-state index in [1.165, 1.54) is 30.6 Å². The number of fused-ring (bicyclic) bond motifs is 1. The summed E-state index contributed by atoms with van der Waals surface area (Å²) >= 11 is 0. The van der Waals surface area contributed by atoms with Gasteiger partial charge in [-0.25, -0.2) is 31.9 Å². The molecule has 0 fully saturated rings. The van der Waals surface area contributed by atoms with E-state index < -0.39 is 34.6 Å². The molecule has 0 aliphatic carbocycles. The second kappa shape index (κ2) is 9.25. The summed E-state index contributed by atoms with van der Waals surface area (Å²) in [5.41, 5.74) is -0.128. The van der Waals surface area contributed by atoms with Crippen molar-refractivity contribution in [3.05, 3.63) is 89.0 Å². The van der Waals surface area contributed by atoms with Crippen LogP contribution in [0.25, 0.3) is 22.2 Å². The van der Waals surface area contributed by atoms with Crippen molar-refractivity contribution < 1.29 is 26.7 Å². The van der Waals surface area contributed by atoms with Gasteiger partial charge in [0.15, 0.2) is 29.0 Å². The monoisotopic (exact) mass is 454 g/mol. The molecule has 4 aromatic rings. The van der Waals surface area contributed by atoms with E-state index in [4.69, 9.17) is 4.74 Å². The maximum atomic E-state index is 14.6. The van der Waals surface area contributed by atoms with Crippen molar-refractivity contribution in [3.63, 3.8) is 0 Å². The van der Waals surface area contributed by atoms with E-state index in [9.17, 15) is 22.0 Å². The largest absolute Gasteiger partial charge is 0.490 e. The number of ether oxygens (including phenoxy) is 1. The van der Waals surface area contributed by atoms with Gasteiger partial charge in [0.1, 0.15) is 11.6 Å². The molecule has 0 unspecified atom stereocenters. The fourth-order valence-electron chi connectivity index (χ4n) is 3.10. The Bertz CT molecular complexity index is 1390. The third kappa shape index (κ3) is 4.62. The number of hydrogen-bond acceptors (Lipinski definition) is 3. The van der Waals surface area contributed by atoms with E-state index in [0.29, 0.717) is 12.4 Å². The first-order chi connectivity index (χ1) is 15.9. The van der Waals surface area contributed by atoms with E-state index in [1.54, 1.807) is 0 Å². The summed E-state index contributed by atoms with van der Waals surface area (Å²) in [7, 11) is 0. The van der Waals surface area contributed by atoms with Crippen LogP contribution < -0.4 is 4.74 Å². The smallest absolute Gasteiger partial charge is 0.195 e. The fraction of sp³-hybridized carbons (Fsp3) is 0.120. The van der Waals surface area contributed by atoms with Crippen molar-refractivity contribution in [2.45, 2.75) is 13.3 Å². The molecule has 0 aliphatic rings. The van der Waals surface area contributed by atoms with E-state index in [0.717, 1.165) is 24.6 Å². The lowest BCUT2D eigenvalue weighted by molar-refractivity contribution is 0.315. The van der Waals surface area contributed by atoms with Gasteiger partial charge in [0.2, 0.25) is 0 Å². The van der Waals surface area contributed by atoms with E-state index in [-0.39, 0.29) is 27.7 Å². The molecule has 3 nitrogen and oxygen atoms in total. The predicted molar refractivity (Wildman–Crippen MR) is 113 cm³/mol. The summed E-state index contributed by atoms with van der Waals surface area (Å²) in [6.07, 6.45) is 3.64. The van der Waals surface area contributed by atoms with Crippen LogP contribution in [0.4, 0.5) is 22.0 Å². The molecular weight excluding hydrogens is 439 g/mol. The molecule has 0 saturated carbocycles.